The molecule has 1 aromatic heterocycles. The van der Waals surface area contributed by atoms with E-state index in [0.717, 1.165) is 33.8 Å². The first-order valence-electron chi connectivity index (χ1n) is 7.70. The quantitative estimate of drug-likeness (QED) is 0.506. The molecule has 0 saturated heterocycles. The summed E-state index contributed by atoms with van der Waals surface area (Å²) < 4.78 is 12.1. The van der Waals surface area contributed by atoms with E-state index < -0.39 is 0 Å². The largest absolute Gasteiger partial charge is 0.487 e. The van der Waals surface area contributed by atoms with Crippen molar-refractivity contribution in [2.24, 2.45) is 0 Å². The van der Waals surface area contributed by atoms with Crippen LogP contribution in [0.25, 0.3) is 11.0 Å². The van der Waals surface area contributed by atoms with Crippen molar-refractivity contribution in [2.75, 3.05) is 0 Å². The molecule has 1 heterocycles. The van der Waals surface area contributed by atoms with E-state index in [-0.39, 0.29) is 5.63 Å². The molecule has 3 rings (SSSR count). The van der Waals surface area contributed by atoms with Gasteiger partial charge in [-0.3, -0.25) is 0 Å². The van der Waals surface area contributed by atoms with Gasteiger partial charge >= 0.3 is 5.63 Å². The van der Waals surface area contributed by atoms with Crippen LogP contribution in [0.15, 0.2) is 56.1 Å². The summed E-state index contributed by atoms with van der Waals surface area (Å²) in [5, 5.41) is 1.36. The first kappa shape index (κ1) is 17.1. The van der Waals surface area contributed by atoms with Gasteiger partial charge in [-0.15, -0.1) is 0 Å². The zero-order chi connectivity index (χ0) is 17.1. The van der Waals surface area contributed by atoms with E-state index in [9.17, 15) is 4.79 Å². The summed E-state index contributed by atoms with van der Waals surface area (Å²) in [4.78, 5) is 11.7. The fourth-order valence-corrected chi connectivity index (χ4v) is 3.04. The molecule has 0 radical (unpaired) electrons. The zero-order valence-corrected chi connectivity index (χ0v) is 15.5. The molecule has 0 amide bonds. The maximum Gasteiger partial charge on any atom is 0.336 e. The number of hydrogen-bond acceptors (Lipinski definition) is 3. The summed E-state index contributed by atoms with van der Waals surface area (Å²) in [6.07, 6.45) is 1.75. The molecule has 0 unspecified atom stereocenters. The second-order valence-corrected chi connectivity index (χ2v) is 6.86. The number of halogens is 2. The lowest BCUT2D eigenvalue weighted by atomic mass is 10.1. The molecule has 0 aliphatic rings. The molecule has 24 heavy (non-hydrogen) atoms. The van der Waals surface area contributed by atoms with Gasteiger partial charge in [-0.25, -0.2) is 4.79 Å². The normalized spacial score (nSPS) is 11.0. The fourth-order valence-electron chi connectivity index (χ4n) is 2.56. The van der Waals surface area contributed by atoms with Crippen LogP contribution in [0.4, 0.5) is 0 Å². The Morgan fingerprint density at radius 3 is 2.62 bits per heavy atom. The average Bonchev–Trinajstić information content (AvgIpc) is 2.55. The van der Waals surface area contributed by atoms with Gasteiger partial charge < -0.3 is 9.15 Å². The van der Waals surface area contributed by atoms with Crippen LogP contribution in [-0.2, 0) is 13.0 Å². The van der Waals surface area contributed by atoms with Crippen molar-refractivity contribution in [2.45, 2.75) is 26.4 Å². The van der Waals surface area contributed by atoms with Crippen molar-refractivity contribution in [3.8, 4) is 5.75 Å². The van der Waals surface area contributed by atoms with Crippen molar-refractivity contribution in [1.82, 2.24) is 0 Å². The van der Waals surface area contributed by atoms with E-state index in [1.54, 1.807) is 6.07 Å². The summed E-state index contributed by atoms with van der Waals surface area (Å²) in [6.45, 7) is 2.45. The Balaban J connectivity index is 1.92. The van der Waals surface area contributed by atoms with Crippen LogP contribution in [0.1, 0.15) is 24.5 Å². The van der Waals surface area contributed by atoms with Crippen LogP contribution in [0.5, 0.6) is 5.75 Å². The fraction of sp³-hybridized carbons (Fsp3) is 0.211. The van der Waals surface area contributed by atoms with E-state index in [1.807, 2.05) is 30.3 Å². The SMILES string of the molecule is CCCc1cc(=O)oc2cc(OCc3ccc(Br)cc3)c(Cl)cc12. The van der Waals surface area contributed by atoms with Crippen molar-refractivity contribution in [1.29, 1.82) is 0 Å². The Kier molecular flexibility index (Phi) is 5.27. The minimum atomic E-state index is -0.355. The Hall–Kier alpha value is -1.78. The lowest BCUT2D eigenvalue weighted by Crippen LogP contribution is -2.02. The highest BCUT2D eigenvalue weighted by molar-refractivity contribution is 9.10. The predicted molar refractivity (Wildman–Crippen MR) is 100.0 cm³/mol. The minimum Gasteiger partial charge on any atom is -0.487 e. The highest BCUT2D eigenvalue weighted by Crippen LogP contribution is 2.32. The lowest BCUT2D eigenvalue weighted by Gasteiger charge is -2.11. The average molecular weight is 408 g/mol. The predicted octanol–water partition coefficient (Wildman–Crippen LogP) is 5.74. The molecule has 0 atom stereocenters. The number of ether oxygens (including phenoxy) is 1. The summed E-state index contributed by atoms with van der Waals surface area (Å²) in [7, 11) is 0. The van der Waals surface area contributed by atoms with E-state index in [2.05, 4.69) is 22.9 Å². The summed E-state index contributed by atoms with van der Waals surface area (Å²) in [5.41, 5.74) is 2.12. The highest BCUT2D eigenvalue weighted by Gasteiger charge is 2.11. The molecule has 0 bridgehead atoms. The van der Waals surface area contributed by atoms with Gasteiger partial charge in [0.2, 0.25) is 0 Å². The van der Waals surface area contributed by atoms with Gasteiger partial charge in [0.1, 0.15) is 17.9 Å². The zero-order valence-electron chi connectivity index (χ0n) is 13.1. The molecule has 3 aromatic rings. The molecule has 124 valence electrons. The van der Waals surface area contributed by atoms with Crippen molar-refractivity contribution in [3.05, 3.63) is 73.5 Å². The maximum absolute atomic E-state index is 11.7. The van der Waals surface area contributed by atoms with Gasteiger partial charge in [0.05, 0.1) is 5.02 Å². The first-order valence-corrected chi connectivity index (χ1v) is 8.87. The van der Waals surface area contributed by atoms with Crippen LogP contribution in [0.2, 0.25) is 5.02 Å². The second kappa shape index (κ2) is 7.41. The molecule has 0 aliphatic heterocycles. The van der Waals surface area contributed by atoms with E-state index in [4.69, 9.17) is 20.8 Å². The topological polar surface area (TPSA) is 39.4 Å². The van der Waals surface area contributed by atoms with E-state index >= 15 is 0 Å². The van der Waals surface area contributed by atoms with Crippen LogP contribution < -0.4 is 10.4 Å². The van der Waals surface area contributed by atoms with E-state index in [1.165, 1.54) is 6.07 Å². The smallest absolute Gasteiger partial charge is 0.336 e. The third-order valence-corrected chi connectivity index (χ3v) is 4.53. The van der Waals surface area contributed by atoms with Crippen molar-refractivity contribution >= 4 is 38.5 Å². The summed E-state index contributed by atoms with van der Waals surface area (Å²) in [6, 6.07) is 12.9. The molecule has 0 spiro atoms. The molecule has 0 fully saturated rings. The van der Waals surface area contributed by atoms with Crippen LogP contribution >= 0.6 is 27.5 Å². The number of rotatable bonds is 5. The van der Waals surface area contributed by atoms with Gasteiger partial charge in [-0.05, 0) is 35.7 Å². The molecule has 0 saturated carbocycles. The number of aryl methyl sites for hydroxylation is 1. The van der Waals surface area contributed by atoms with Gasteiger partial charge in [0.25, 0.3) is 0 Å². The number of hydrogen-bond donors (Lipinski definition) is 0. The maximum atomic E-state index is 11.7. The third kappa shape index (κ3) is 3.82. The summed E-state index contributed by atoms with van der Waals surface area (Å²) in [5.74, 6) is 0.504. The Labute approximate surface area is 153 Å². The van der Waals surface area contributed by atoms with Crippen molar-refractivity contribution < 1.29 is 9.15 Å². The van der Waals surface area contributed by atoms with Crippen LogP contribution in [0.3, 0.4) is 0 Å². The third-order valence-electron chi connectivity index (χ3n) is 3.71. The number of benzene rings is 2. The lowest BCUT2D eigenvalue weighted by molar-refractivity contribution is 0.306. The second-order valence-electron chi connectivity index (χ2n) is 5.53. The van der Waals surface area contributed by atoms with Gasteiger partial charge in [-0.2, -0.15) is 0 Å². The number of fused-ring (bicyclic) bond motifs is 1. The summed E-state index contributed by atoms with van der Waals surface area (Å²) >= 11 is 9.76. The Bertz CT molecular complexity index is 916. The Morgan fingerprint density at radius 1 is 1.17 bits per heavy atom. The molecular formula is C19H16BrClO3. The van der Waals surface area contributed by atoms with Gasteiger partial charge in [-0.1, -0.05) is 53.0 Å². The van der Waals surface area contributed by atoms with Gasteiger partial charge in [0, 0.05) is 22.0 Å². The Morgan fingerprint density at radius 2 is 1.92 bits per heavy atom. The molecule has 2 aromatic carbocycles. The van der Waals surface area contributed by atoms with Crippen LogP contribution in [-0.4, -0.2) is 0 Å². The molecule has 0 N–H and O–H groups in total. The van der Waals surface area contributed by atoms with Crippen LogP contribution in [0, 0.1) is 0 Å². The monoisotopic (exact) mass is 406 g/mol. The standard InChI is InChI=1S/C19H16BrClO3/c1-2-3-13-8-19(22)24-17-10-18(16(21)9-15(13)17)23-11-12-4-6-14(20)7-5-12/h4-10H,2-3,11H2,1H3. The van der Waals surface area contributed by atoms with E-state index in [0.29, 0.717) is 23.0 Å². The van der Waals surface area contributed by atoms with Crippen molar-refractivity contribution in [3.63, 3.8) is 0 Å². The molecular weight excluding hydrogens is 392 g/mol. The molecule has 0 aliphatic carbocycles. The van der Waals surface area contributed by atoms with Gasteiger partial charge in [0.15, 0.2) is 0 Å². The molecule has 3 nitrogen and oxygen atoms in total. The highest BCUT2D eigenvalue weighted by atomic mass is 79.9. The molecule has 5 heteroatoms. The minimum absolute atomic E-state index is 0.355. The first-order chi connectivity index (χ1) is 11.6.